The summed E-state index contributed by atoms with van der Waals surface area (Å²) < 4.78 is 0. The van der Waals surface area contributed by atoms with E-state index in [1.807, 2.05) is 0 Å². The number of hydrogen-bond donors (Lipinski definition) is 2. The molecule has 0 aliphatic rings. The van der Waals surface area contributed by atoms with Crippen LogP contribution in [0.15, 0.2) is 0 Å². The average Bonchev–Trinajstić information content (AvgIpc) is 1.58. The molecule has 0 heterocycles. The van der Waals surface area contributed by atoms with Gasteiger partial charge in [0.15, 0.2) is 0 Å². The van der Waals surface area contributed by atoms with Gasteiger partial charge in [-0.3, -0.25) is 9.59 Å². The van der Waals surface area contributed by atoms with E-state index in [1.54, 1.807) is 6.92 Å². The van der Waals surface area contributed by atoms with Crippen molar-refractivity contribution in [3.05, 3.63) is 0 Å². The normalized spacial score (nSPS) is 12.2. The molecule has 0 spiro atoms. The third-order valence-corrected chi connectivity index (χ3v) is 0.957. The van der Waals surface area contributed by atoms with Gasteiger partial charge in [-0.15, -0.1) is 0 Å². The largest absolute Gasteiger partial charge is 0.370 e. The van der Waals surface area contributed by atoms with Gasteiger partial charge in [0.1, 0.15) is 0 Å². The summed E-state index contributed by atoms with van der Waals surface area (Å²) in [6, 6.07) is -0.157. The van der Waals surface area contributed by atoms with Crippen molar-refractivity contribution in [3.8, 4) is 0 Å². The summed E-state index contributed by atoms with van der Waals surface area (Å²) in [5.41, 5.74) is 4.88. The van der Waals surface area contributed by atoms with Crippen LogP contribution in [-0.4, -0.2) is 17.9 Å². The van der Waals surface area contributed by atoms with Crippen molar-refractivity contribution in [2.75, 3.05) is 0 Å². The van der Waals surface area contributed by atoms with Gasteiger partial charge in [0.25, 0.3) is 0 Å². The Morgan fingerprint density at radius 2 is 2.10 bits per heavy atom. The van der Waals surface area contributed by atoms with Crippen LogP contribution in [0.5, 0.6) is 0 Å². The topological polar surface area (TPSA) is 72.2 Å². The molecule has 0 aromatic carbocycles. The minimum atomic E-state index is -0.402. The van der Waals surface area contributed by atoms with Crippen LogP contribution in [0.1, 0.15) is 20.3 Å². The van der Waals surface area contributed by atoms with Crippen molar-refractivity contribution < 1.29 is 9.59 Å². The van der Waals surface area contributed by atoms with Crippen molar-refractivity contribution in [2.24, 2.45) is 5.73 Å². The standard InChI is InChI=1S/C6H12N2O2/c1-4(3-6(7)10)8-5(2)9/h4H,3H2,1-2H3,(H2,7,10)(H,8,9). The van der Waals surface area contributed by atoms with Crippen molar-refractivity contribution in [1.29, 1.82) is 0 Å². The molecular formula is C6H12N2O2. The fraction of sp³-hybridized carbons (Fsp3) is 0.667. The average molecular weight is 144 g/mol. The Balaban J connectivity index is 3.53. The Morgan fingerprint density at radius 3 is 2.40 bits per heavy atom. The Morgan fingerprint density at radius 1 is 1.60 bits per heavy atom. The highest BCUT2D eigenvalue weighted by Gasteiger charge is 2.05. The summed E-state index contributed by atoms with van der Waals surface area (Å²) in [4.78, 5) is 20.6. The molecule has 10 heavy (non-hydrogen) atoms. The molecule has 2 amide bonds. The predicted molar refractivity (Wildman–Crippen MR) is 37.1 cm³/mol. The number of nitrogens with two attached hydrogens (primary N) is 1. The maximum absolute atomic E-state index is 10.4. The Labute approximate surface area is 59.8 Å². The van der Waals surface area contributed by atoms with E-state index in [2.05, 4.69) is 5.32 Å². The van der Waals surface area contributed by atoms with Gasteiger partial charge in [0.2, 0.25) is 11.8 Å². The van der Waals surface area contributed by atoms with E-state index >= 15 is 0 Å². The molecule has 0 aromatic rings. The van der Waals surface area contributed by atoms with Crippen LogP contribution in [-0.2, 0) is 9.59 Å². The summed E-state index contributed by atoms with van der Waals surface area (Å²) in [6.45, 7) is 3.13. The van der Waals surface area contributed by atoms with Crippen molar-refractivity contribution in [1.82, 2.24) is 5.32 Å². The van der Waals surface area contributed by atoms with E-state index in [4.69, 9.17) is 5.73 Å². The van der Waals surface area contributed by atoms with Gasteiger partial charge in [-0.05, 0) is 6.92 Å². The van der Waals surface area contributed by atoms with Crippen LogP contribution in [0, 0.1) is 0 Å². The van der Waals surface area contributed by atoms with E-state index in [1.165, 1.54) is 6.92 Å². The first-order valence-electron chi connectivity index (χ1n) is 3.07. The summed E-state index contributed by atoms with van der Waals surface area (Å²) in [7, 11) is 0. The van der Waals surface area contributed by atoms with E-state index in [9.17, 15) is 9.59 Å². The maximum atomic E-state index is 10.4. The second-order valence-electron chi connectivity index (χ2n) is 2.27. The molecule has 0 rings (SSSR count). The van der Waals surface area contributed by atoms with Gasteiger partial charge < -0.3 is 11.1 Å². The highest BCUT2D eigenvalue weighted by molar-refractivity contribution is 5.77. The molecule has 0 saturated carbocycles. The minimum Gasteiger partial charge on any atom is -0.370 e. The smallest absolute Gasteiger partial charge is 0.219 e. The first-order chi connectivity index (χ1) is 4.52. The Bertz CT molecular complexity index is 129. The molecule has 0 aliphatic carbocycles. The molecule has 0 aromatic heterocycles. The van der Waals surface area contributed by atoms with Crippen LogP contribution in [0.25, 0.3) is 0 Å². The van der Waals surface area contributed by atoms with Crippen LogP contribution in [0.3, 0.4) is 0 Å². The molecule has 0 saturated heterocycles. The molecule has 1 atom stereocenters. The third-order valence-electron chi connectivity index (χ3n) is 0.957. The number of carbonyl (C=O) groups excluding carboxylic acids is 2. The SMILES string of the molecule is CC(=O)NC(C)CC(N)=O. The molecule has 0 aliphatic heterocycles. The molecule has 0 bridgehead atoms. The molecule has 0 fully saturated rings. The highest BCUT2D eigenvalue weighted by atomic mass is 16.2. The number of carbonyl (C=O) groups is 2. The molecule has 1 unspecified atom stereocenters. The lowest BCUT2D eigenvalue weighted by atomic mass is 10.2. The van der Waals surface area contributed by atoms with Gasteiger partial charge >= 0.3 is 0 Å². The van der Waals surface area contributed by atoms with E-state index in [0.717, 1.165) is 0 Å². The quantitative estimate of drug-likeness (QED) is 0.554. The van der Waals surface area contributed by atoms with Crippen LogP contribution < -0.4 is 11.1 Å². The summed E-state index contributed by atoms with van der Waals surface area (Å²) >= 11 is 0. The highest BCUT2D eigenvalue weighted by Crippen LogP contribution is 1.87. The number of hydrogen-bond acceptors (Lipinski definition) is 2. The zero-order valence-electron chi connectivity index (χ0n) is 6.18. The number of primary amides is 1. The van der Waals surface area contributed by atoms with E-state index < -0.39 is 5.91 Å². The molecule has 4 nitrogen and oxygen atoms in total. The first kappa shape index (κ1) is 8.94. The van der Waals surface area contributed by atoms with Crippen molar-refractivity contribution in [2.45, 2.75) is 26.3 Å². The lowest BCUT2D eigenvalue weighted by Gasteiger charge is -2.08. The van der Waals surface area contributed by atoms with Gasteiger partial charge in [-0.25, -0.2) is 0 Å². The monoisotopic (exact) mass is 144 g/mol. The second-order valence-corrected chi connectivity index (χ2v) is 2.27. The molecule has 0 radical (unpaired) electrons. The lowest BCUT2D eigenvalue weighted by Crippen LogP contribution is -2.33. The van der Waals surface area contributed by atoms with Gasteiger partial charge in [-0.1, -0.05) is 0 Å². The molecular weight excluding hydrogens is 132 g/mol. The van der Waals surface area contributed by atoms with Crippen LogP contribution in [0.4, 0.5) is 0 Å². The second kappa shape index (κ2) is 3.87. The van der Waals surface area contributed by atoms with Crippen LogP contribution in [0.2, 0.25) is 0 Å². The van der Waals surface area contributed by atoms with E-state index in [0.29, 0.717) is 0 Å². The molecule has 3 N–H and O–H groups in total. The van der Waals surface area contributed by atoms with Gasteiger partial charge in [0, 0.05) is 19.4 Å². The minimum absolute atomic E-state index is 0.145. The zero-order chi connectivity index (χ0) is 8.15. The molecule has 58 valence electrons. The lowest BCUT2D eigenvalue weighted by molar-refractivity contribution is -0.120. The zero-order valence-corrected chi connectivity index (χ0v) is 6.18. The number of rotatable bonds is 3. The van der Waals surface area contributed by atoms with Crippen LogP contribution >= 0.6 is 0 Å². The fourth-order valence-electron chi connectivity index (χ4n) is 0.700. The van der Waals surface area contributed by atoms with Gasteiger partial charge in [-0.2, -0.15) is 0 Å². The number of nitrogens with one attached hydrogen (secondary N) is 1. The molecule has 4 heteroatoms. The maximum Gasteiger partial charge on any atom is 0.219 e. The fourth-order valence-corrected chi connectivity index (χ4v) is 0.700. The van der Waals surface area contributed by atoms with Crippen molar-refractivity contribution in [3.63, 3.8) is 0 Å². The third kappa shape index (κ3) is 5.08. The predicted octanol–water partition coefficient (Wildman–Crippen LogP) is -0.614. The Kier molecular flexibility index (Phi) is 3.46. The van der Waals surface area contributed by atoms with E-state index in [-0.39, 0.29) is 18.4 Å². The summed E-state index contributed by atoms with van der Waals surface area (Å²) in [5, 5.41) is 2.53. The first-order valence-corrected chi connectivity index (χ1v) is 3.07. The Hall–Kier alpha value is -1.06. The summed E-state index contributed by atoms with van der Waals surface area (Å²) in [5.74, 6) is -0.546. The van der Waals surface area contributed by atoms with Gasteiger partial charge in [0.05, 0.1) is 0 Å². The van der Waals surface area contributed by atoms with Crippen molar-refractivity contribution >= 4 is 11.8 Å². The number of amides is 2. The summed E-state index contributed by atoms with van der Waals surface area (Å²) in [6.07, 6.45) is 0.194.